The molecule has 20 heavy (non-hydrogen) atoms. The van der Waals surface area contributed by atoms with Crippen LogP contribution < -0.4 is 10.1 Å². The Labute approximate surface area is 121 Å². The largest absolute Gasteiger partial charge is 0.489 e. The highest BCUT2D eigenvalue weighted by Gasteiger charge is 1.97. The number of nitrogens with one attached hydrogen (secondary N) is 1. The first-order valence-electron chi connectivity index (χ1n) is 6.60. The van der Waals surface area contributed by atoms with Gasteiger partial charge in [0, 0.05) is 6.54 Å². The second kappa shape index (κ2) is 9.66. The van der Waals surface area contributed by atoms with E-state index < -0.39 is 0 Å². The number of hydrogen-bond donors (Lipinski definition) is 1. The maximum atomic E-state index is 5.71. The van der Waals surface area contributed by atoms with Crippen LogP contribution in [0.3, 0.4) is 0 Å². The number of benzene rings is 1. The summed E-state index contributed by atoms with van der Waals surface area (Å²) >= 11 is 0. The Morgan fingerprint density at radius 1 is 1.40 bits per heavy atom. The molecule has 0 aliphatic carbocycles. The lowest BCUT2D eigenvalue weighted by Gasteiger charge is -2.08. The Morgan fingerprint density at radius 3 is 2.75 bits per heavy atom. The van der Waals surface area contributed by atoms with Gasteiger partial charge in [-0.05, 0) is 30.2 Å². The van der Waals surface area contributed by atoms with Crippen molar-refractivity contribution in [3.63, 3.8) is 0 Å². The van der Waals surface area contributed by atoms with Crippen molar-refractivity contribution in [3.8, 4) is 18.1 Å². The van der Waals surface area contributed by atoms with Gasteiger partial charge in [-0.1, -0.05) is 48.9 Å². The van der Waals surface area contributed by atoms with Crippen LogP contribution in [0.4, 0.5) is 0 Å². The highest BCUT2D eigenvalue weighted by molar-refractivity contribution is 5.29. The molecule has 1 N–H and O–H groups in total. The van der Waals surface area contributed by atoms with Gasteiger partial charge in [0.15, 0.2) is 0 Å². The molecule has 0 aromatic heterocycles. The molecule has 0 unspecified atom stereocenters. The monoisotopic (exact) mass is 267 g/mol. The van der Waals surface area contributed by atoms with Crippen LogP contribution in [0.2, 0.25) is 0 Å². The Balaban J connectivity index is 2.49. The third-order valence-electron chi connectivity index (χ3n) is 2.65. The molecule has 1 aromatic rings. The zero-order chi connectivity index (χ0) is 14.6. The summed E-state index contributed by atoms with van der Waals surface area (Å²) in [6.07, 6.45) is 12.9. The fraction of sp³-hybridized carbons (Fsp3) is 0.222. The topological polar surface area (TPSA) is 21.3 Å². The highest BCUT2D eigenvalue weighted by Crippen LogP contribution is 2.13. The van der Waals surface area contributed by atoms with Crippen LogP contribution in [0.25, 0.3) is 0 Å². The van der Waals surface area contributed by atoms with Gasteiger partial charge in [0.25, 0.3) is 0 Å². The number of allylic oxidation sites excluding steroid dienone is 3. The summed E-state index contributed by atoms with van der Waals surface area (Å²) in [6, 6.07) is 7.98. The fourth-order valence-corrected chi connectivity index (χ4v) is 1.54. The summed E-state index contributed by atoms with van der Waals surface area (Å²) in [6.45, 7) is 7.62. The lowest BCUT2D eigenvalue weighted by atomic mass is 10.2. The van der Waals surface area contributed by atoms with Crippen molar-refractivity contribution in [1.82, 2.24) is 5.32 Å². The van der Waals surface area contributed by atoms with Gasteiger partial charge in [-0.3, -0.25) is 0 Å². The quantitative estimate of drug-likeness (QED) is 0.442. The third-order valence-corrected chi connectivity index (χ3v) is 2.65. The lowest BCUT2D eigenvalue weighted by molar-refractivity contribution is 0.355. The molecule has 0 radical (unpaired) electrons. The van der Waals surface area contributed by atoms with Gasteiger partial charge in [0.2, 0.25) is 0 Å². The van der Waals surface area contributed by atoms with Crippen LogP contribution in [0.15, 0.2) is 60.7 Å². The summed E-state index contributed by atoms with van der Waals surface area (Å²) in [5.41, 5.74) is 2.23. The molecule has 0 heterocycles. The van der Waals surface area contributed by atoms with Crippen molar-refractivity contribution in [2.75, 3.05) is 13.2 Å². The molecule has 0 atom stereocenters. The lowest BCUT2D eigenvalue weighted by Crippen LogP contribution is -2.12. The van der Waals surface area contributed by atoms with E-state index in [1.165, 1.54) is 5.56 Å². The maximum Gasteiger partial charge on any atom is 0.119 e. The van der Waals surface area contributed by atoms with E-state index in [9.17, 15) is 0 Å². The average molecular weight is 267 g/mol. The molecule has 104 valence electrons. The van der Waals surface area contributed by atoms with Gasteiger partial charge in [-0.25, -0.2) is 0 Å². The van der Waals surface area contributed by atoms with Crippen LogP contribution in [0.1, 0.15) is 12.5 Å². The van der Waals surface area contributed by atoms with Gasteiger partial charge >= 0.3 is 0 Å². The van der Waals surface area contributed by atoms with Gasteiger partial charge in [-0.15, -0.1) is 6.42 Å². The Hall–Kier alpha value is -2.24. The van der Waals surface area contributed by atoms with E-state index >= 15 is 0 Å². The van der Waals surface area contributed by atoms with Crippen LogP contribution in [0.5, 0.6) is 5.75 Å². The second-order valence-corrected chi connectivity index (χ2v) is 4.21. The maximum absolute atomic E-state index is 5.71. The first kappa shape index (κ1) is 15.8. The summed E-state index contributed by atoms with van der Waals surface area (Å²) in [5, 5.41) is 3.15. The molecule has 0 aliphatic heterocycles. The SMILES string of the molecule is C#CCNCc1ccc(OC/C(C=C)=C/C=C\C)cc1. The average Bonchev–Trinajstić information content (AvgIpc) is 2.49. The molecule has 2 heteroatoms. The van der Waals surface area contributed by atoms with Crippen LogP contribution in [-0.4, -0.2) is 13.2 Å². The van der Waals surface area contributed by atoms with Crippen molar-refractivity contribution in [2.24, 2.45) is 0 Å². The Kier molecular flexibility index (Phi) is 7.64. The molecule has 1 rings (SSSR count). The van der Waals surface area contributed by atoms with E-state index in [2.05, 4.69) is 17.8 Å². The normalized spacial score (nSPS) is 11.3. The Morgan fingerprint density at radius 2 is 2.15 bits per heavy atom. The fourth-order valence-electron chi connectivity index (χ4n) is 1.54. The van der Waals surface area contributed by atoms with Gasteiger partial charge < -0.3 is 10.1 Å². The number of rotatable bonds is 8. The molecule has 0 aliphatic rings. The van der Waals surface area contributed by atoms with Crippen LogP contribution >= 0.6 is 0 Å². The zero-order valence-corrected chi connectivity index (χ0v) is 11.9. The predicted octanol–water partition coefficient (Wildman–Crippen LogP) is 3.48. The molecule has 0 amide bonds. The van der Waals surface area contributed by atoms with Gasteiger partial charge in [0.05, 0.1) is 6.54 Å². The molecule has 2 nitrogen and oxygen atoms in total. The number of hydrogen-bond acceptors (Lipinski definition) is 2. The van der Waals surface area contributed by atoms with E-state index in [0.29, 0.717) is 13.2 Å². The molecule has 0 saturated carbocycles. The van der Waals surface area contributed by atoms with E-state index in [0.717, 1.165) is 17.9 Å². The number of terminal acetylenes is 1. The van der Waals surface area contributed by atoms with Crippen LogP contribution in [0, 0.1) is 12.3 Å². The van der Waals surface area contributed by atoms with Crippen molar-refractivity contribution in [2.45, 2.75) is 13.5 Å². The first-order valence-corrected chi connectivity index (χ1v) is 6.60. The standard InChI is InChI=1S/C18H21NO/c1-4-7-8-16(6-3)15-20-18-11-9-17(10-12-18)14-19-13-5-2/h2,4,6-12,19H,3,13-15H2,1H3/b7-4-,16-8+. The first-order chi connectivity index (χ1) is 9.80. The molecule has 1 aromatic carbocycles. The van der Waals surface area contributed by atoms with Crippen molar-refractivity contribution in [1.29, 1.82) is 0 Å². The minimum atomic E-state index is 0.516. The van der Waals surface area contributed by atoms with E-state index in [1.54, 1.807) is 6.08 Å². The van der Waals surface area contributed by atoms with Crippen molar-refractivity contribution >= 4 is 0 Å². The van der Waals surface area contributed by atoms with Crippen LogP contribution in [-0.2, 0) is 6.54 Å². The van der Waals surface area contributed by atoms with Gasteiger partial charge in [0.1, 0.15) is 12.4 Å². The molecular formula is C18H21NO. The molecule has 0 bridgehead atoms. The van der Waals surface area contributed by atoms with Crippen molar-refractivity contribution in [3.05, 3.63) is 66.3 Å². The summed E-state index contributed by atoms with van der Waals surface area (Å²) in [5.74, 6) is 3.39. The summed E-state index contributed by atoms with van der Waals surface area (Å²) in [7, 11) is 0. The third kappa shape index (κ3) is 6.08. The smallest absolute Gasteiger partial charge is 0.119 e. The molecule has 0 spiro atoms. The number of ether oxygens (including phenoxy) is 1. The highest BCUT2D eigenvalue weighted by atomic mass is 16.5. The molecular weight excluding hydrogens is 246 g/mol. The summed E-state index contributed by atoms with van der Waals surface area (Å²) in [4.78, 5) is 0. The van der Waals surface area contributed by atoms with E-state index in [1.807, 2.05) is 49.4 Å². The zero-order valence-electron chi connectivity index (χ0n) is 11.9. The Bertz CT molecular complexity index is 503. The molecule has 0 fully saturated rings. The predicted molar refractivity (Wildman–Crippen MR) is 85.6 cm³/mol. The van der Waals surface area contributed by atoms with E-state index in [-0.39, 0.29) is 0 Å². The van der Waals surface area contributed by atoms with Gasteiger partial charge in [-0.2, -0.15) is 0 Å². The minimum Gasteiger partial charge on any atom is -0.489 e. The second-order valence-electron chi connectivity index (χ2n) is 4.21. The molecule has 0 saturated heterocycles. The van der Waals surface area contributed by atoms with E-state index in [4.69, 9.17) is 11.2 Å². The minimum absolute atomic E-state index is 0.516. The summed E-state index contributed by atoms with van der Waals surface area (Å²) < 4.78 is 5.71. The van der Waals surface area contributed by atoms with Crippen molar-refractivity contribution < 1.29 is 4.74 Å².